The number of para-hydroxylation sites is 1. The number of carbonyl (C=O) groups excluding carboxylic acids is 1. The van der Waals surface area contributed by atoms with Gasteiger partial charge in [0.05, 0.1) is 5.52 Å². The molecule has 0 radical (unpaired) electrons. The van der Waals surface area contributed by atoms with Gasteiger partial charge in [0, 0.05) is 50.2 Å². The Balaban J connectivity index is 1.77. The Hall–Kier alpha value is -3.44. The first kappa shape index (κ1) is 22.7. The molecule has 5 heteroatoms. The zero-order valence-electron chi connectivity index (χ0n) is 20.2. The van der Waals surface area contributed by atoms with Crippen LogP contribution in [0.2, 0.25) is 0 Å². The number of carbonyl (C=O) groups is 1. The number of likely N-dealkylation sites (N-methyl/N-ethyl adjacent to an activating group) is 1. The number of hydrogen-bond acceptors (Lipinski definition) is 4. The molecule has 1 amide bonds. The van der Waals surface area contributed by atoms with Gasteiger partial charge >= 0.3 is 0 Å². The first-order valence-electron chi connectivity index (χ1n) is 11.3. The minimum Gasteiger partial charge on any atom is -0.362 e. The van der Waals surface area contributed by atoms with Gasteiger partial charge in [-0.25, -0.2) is 4.98 Å². The number of anilines is 1. The van der Waals surface area contributed by atoms with Crippen LogP contribution in [0.15, 0.2) is 66.7 Å². The molecule has 0 aliphatic rings. The third-order valence-corrected chi connectivity index (χ3v) is 6.01. The molecule has 0 N–H and O–H groups in total. The Labute approximate surface area is 196 Å². The Bertz CT molecular complexity index is 1290. The maximum absolute atomic E-state index is 13.8. The van der Waals surface area contributed by atoms with Crippen molar-refractivity contribution in [2.24, 2.45) is 0 Å². The molecule has 5 nitrogen and oxygen atoms in total. The van der Waals surface area contributed by atoms with Crippen LogP contribution in [0.1, 0.15) is 21.5 Å². The van der Waals surface area contributed by atoms with E-state index in [0.717, 1.165) is 50.7 Å². The Morgan fingerprint density at radius 1 is 0.848 bits per heavy atom. The lowest BCUT2D eigenvalue weighted by Crippen LogP contribution is -2.36. The smallest absolute Gasteiger partial charge is 0.254 e. The van der Waals surface area contributed by atoms with E-state index < -0.39 is 0 Å². The van der Waals surface area contributed by atoms with Crippen LogP contribution in [0, 0.1) is 6.92 Å². The molecule has 0 spiro atoms. The summed E-state index contributed by atoms with van der Waals surface area (Å²) in [7, 11) is 8.08. The van der Waals surface area contributed by atoms with Crippen molar-refractivity contribution in [3.63, 3.8) is 0 Å². The van der Waals surface area contributed by atoms with Gasteiger partial charge < -0.3 is 14.7 Å². The predicted octanol–water partition coefficient (Wildman–Crippen LogP) is 4.97. The fourth-order valence-corrected chi connectivity index (χ4v) is 4.25. The van der Waals surface area contributed by atoms with Gasteiger partial charge in [-0.15, -0.1) is 0 Å². The summed E-state index contributed by atoms with van der Waals surface area (Å²) < 4.78 is 0. The molecule has 0 aliphatic carbocycles. The number of rotatable bonds is 7. The highest BCUT2D eigenvalue weighted by Gasteiger charge is 2.21. The van der Waals surface area contributed by atoms with Crippen LogP contribution >= 0.6 is 0 Å². The molecule has 33 heavy (non-hydrogen) atoms. The second kappa shape index (κ2) is 9.59. The summed E-state index contributed by atoms with van der Waals surface area (Å²) in [5.74, 6) is 0.945. The van der Waals surface area contributed by atoms with E-state index in [1.807, 2.05) is 68.3 Å². The van der Waals surface area contributed by atoms with Crippen molar-refractivity contribution >= 4 is 33.4 Å². The van der Waals surface area contributed by atoms with Gasteiger partial charge in [-0.3, -0.25) is 4.79 Å². The molecule has 1 aromatic heterocycles. The molecule has 170 valence electrons. The van der Waals surface area contributed by atoms with E-state index in [0.29, 0.717) is 13.1 Å². The van der Waals surface area contributed by atoms with Gasteiger partial charge in [-0.05, 0) is 49.5 Å². The number of hydrogen-bond donors (Lipinski definition) is 0. The van der Waals surface area contributed by atoms with Crippen LogP contribution in [0.4, 0.5) is 5.82 Å². The number of nitrogens with zero attached hydrogens (tertiary/aromatic N) is 4. The average molecular weight is 441 g/mol. The molecule has 0 saturated heterocycles. The van der Waals surface area contributed by atoms with E-state index in [1.165, 1.54) is 0 Å². The normalized spacial score (nSPS) is 11.3. The van der Waals surface area contributed by atoms with Crippen LogP contribution in [-0.4, -0.2) is 62.0 Å². The van der Waals surface area contributed by atoms with Crippen molar-refractivity contribution in [1.29, 1.82) is 0 Å². The number of benzene rings is 3. The molecule has 0 atom stereocenters. The molecule has 0 saturated carbocycles. The summed E-state index contributed by atoms with van der Waals surface area (Å²) >= 11 is 0. The molecule has 4 rings (SSSR count). The third-order valence-electron chi connectivity index (χ3n) is 6.01. The number of aryl methyl sites for hydroxylation is 1. The fourth-order valence-electron chi connectivity index (χ4n) is 4.25. The molecule has 3 aromatic carbocycles. The topological polar surface area (TPSA) is 39.7 Å². The van der Waals surface area contributed by atoms with Gasteiger partial charge in [-0.1, -0.05) is 54.6 Å². The highest BCUT2D eigenvalue weighted by atomic mass is 16.2. The van der Waals surface area contributed by atoms with Crippen LogP contribution in [0.3, 0.4) is 0 Å². The van der Waals surface area contributed by atoms with E-state index in [9.17, 15) is 4.79 Å². The lowest BCUT2D eigenvalue weighted by molar-refractivity contribution is 0.0734. The van der Waals surface area contributed by atoms with Crippen molar-refractivity contribution in [2.45, 2.75) is 13.5 Å². The van der Waals surface area contributed by atoms with E-state index in [-0.39, 0.29) is 5.91 Å². The zero-order valence-corrected chi connectivity index (χ0v) is 20.2. The van der Waals surface area contributed by atoms with Crippen molar-refractivity contribution in [3.8, 4) is 0 Å². The SMILES string of the molecule is Cc1cccc2cc(CN(CCN(C)C)C(=O)c3cccc4ccccc34)c(N(C)C)nc12. The summed E-state index contributed by atoms with van der Waals surface area (Å²) in [6, 6.07) is 22.4. The molecular weight excluding hydrogens is 408 g/mol. The molecule has 0 unspecified atom stereocenters. The highest BCUT2D eigenvalue weighted by Crippen LogP contribution is 2.27. The summed E-state index contributed by atoms with van der Waals surface area (Å²) in [5, 5.41) is 3.16. The number of pyridine rings is 1. The maximum Gasteiger partial charge on any atom is 0.254 e. The Morgan fingerprint density at radius 2 is 1.55 bits per heavy atom. The van der Waals surface area contributed by atoms with Crippen molar-refractivity contribution in [1.82, 2.24) is 14.8 Å². The minimum absolute atomic E-state index is 0.0442. The second-order valence-corrected chi connectivity index (χ2v) is 9.07. The standard InChI is InChI=1S/C28H32N4O/c1-20-10-8-13-22-18-23(27(31(4)5)29-26(20)22)19-32(17-16-30(2)3)28(33)25-15-9-12-21-11-6-7-14-24(21)25/h6-15,18H,16-17,19H2,1-5H3. The van der Waals surface area contributed by atoms with E-state index in [2.05, 4.69) is 48.2 Å². The van der Waals surface area contributed by atoms with E-state index >= 15 is 0 Å². The first-order chi connectivity index (χ1) is 15.8. The van der Waals surface area contributed by atoms with Gasteiger partial charge in [-0.2, -0.15) is 0 Å². The minimum atomic E-state index is 0.0442. The lowest BCUT2D eigenvalue weighted by atomic mass is 10.0. The van der Waals surface area contributed by atoms with Crippen molar-refractivity contribution in [3.05, 3.63) is 83.4 Å². The van der Waals surface area contributed by atoms with Gasteiger partial charge in [0.15, 0.2) is 0 Å². The Morgan fingerprint density at radius 3 is 2.30 bits per heavy atom. The van der Waals surface area contributed by atoms with Crippen molar-refractivity contribution in [2.75, 3.05) is 46.2 Å². The van der Waals surface area contributed by atoms with Gasteiger partial charge in [0.1, 0.15) is 5.82 Å². The molecule has 1 heterocycles. The second-order valence-electron chi connectivity index (χ2n) is 9.07. The summed E-state index contributed by atoms with van der Waals surface area (Å²) in [6.45, 7) is 4.00. The molecular formula is C28H32N4O. The van der Waals surface area contributed by atoms with Crippen molar-refractivity contribution < 1.29 is 4.79 Å². The molecule has 0 fully saturated rings. The quantitative estimate of drug-likeness (QED) is 0.407. The zero-order chi connectivity index (χ0) is 23.5. The van der Waals surface area contributed by atoms with Crippen LogP contribution in [0.5, 0.6) is 0 Å². The maximum atomic E-state index is 13.8. The lowest BCUT2D eigenvalue weighted by Gasteiger charge is -2.27. The monoisotopic (exact) mass is 440 g/mol. The molecule has 0 aliphatic heterocycles. The van der Waals surface area contributed by atoms with Crippen LogP contribution in [-0.2, 0) is 6.54 Å². The predicted molar refractivity (Wildman–Crippen MR) is 138 cm³/mol. The summed E-state index contributed by atoms with van der Waals surface area (Å²) in [6.07, 6.45) is 0. The third kappa shape index (κ3) is 4.83. The highest BCUT2D eigenvalue weighted by molar-refractivity contribution is 6.07. The summed E-state index contributed by atoms with van der Waals surface area (Å²) in [5.41, 5.74) is 3.94. The van der Waals surface area contributed by atoms with E-state index in [1.54, 1.807) is 0 Å². The van der Waals surface area contributed by atoms with Gasteiger partial charge in [0.2, 0.25) is 0 Å². The number of aromatic nitrogens is 1. The average Bonchev–Trinajstić information content (AvgIpc) is 2.80. The molecule has 4 aromatic rings. The number of amides is 1. The van der Waals surface area contributed by atoms with E-state index in [4.69, 9.17) is 4.98 Å². The summed E-state index contributed by atoms with van der Waals surface area (Å²) in [4.78, 5) is 24.9. The van der Waals surface area contributed by atoms with Crippen LogP contribution < -0.4 is 4.90 Å². The molecule has 0 bridgehead atoms. The van der Waals surface area contributed by atoms with Gasteiger partial charge in [0.25, 0.3) is 5.91 Å². The first-order valence-corrected chi connectivity index (χ1v) is 11.3. The fraction of sp³-hybridized carbons (Fsp3) is 0.286. The Kier molecular flexibility index (Phi) is 6.61. The number of fused-ring (bicyclic) bond motifs is 2. The largest absolute Gasteiger partial charge is 0.362 e. The van der Waals surface area contributed by atoms with Crippen LogP contribution in [0.25, 0.3) is 21.7 Å².